The van der Waals surface area contributed by atoms with Gasteiger partial charge in [0.25, 0.3) is 0 Å². The number of carbonyl (C=O) groups is 3. The van der Waals surface area contributed by atoms with Crippen molar-refractivity contribution in [3.8, 4) is 34.8 Å². The molecule has 2 unspecified atom stereocenters. The van der Waals surface area contributed by atoms with Gasteiger partial charge in [0, 0.05) is 53.4 Å². The maximum Gasteiger partial charge on any atom is 0.348 e. The summed E-state index contributed by atoms with van der Waals surface area (Å²) < 4.78 is 35.3. The molecule has 49 heavy (non-hydrogen) atoms. The van der Waals surface area contributed by atoms with Crippen molar-refractivity contribution in [3.05, 3.63) is 39.4 Å². The van der Waals surface area contributed by atoms with Crippen molar-refractivity contribution in [2.45, 2.75) is 88.5 Å². The number of ether oxygens (including phenoxy) is 6. The number of fused-ring (bicyclic) bond motifs is 10. The number of aryl methyl sites for hydroxylation is 1. The van der Waals surface area contributed by atoms with Gasteiger partial charge in [0.15, 0.2) is 23.0 Å². The molecule has 0 saturated carbocycles. The van der Waals surface area contributed by atoms with Gasteiger partial charge in [-0.3, -0.25) is 19.4 Å². The minimum atomic E-state index is -1.19. The molecule has 260 valence electrons. The lowest BCUT2D eigenvalue weighted by molar-refractivity contribution is -0.169. The van der Waals surface area contributed by atoms with Crippen LogP contribution in [0.1, 0.15) is 77.4 Å². The Morgan fingerprint density at radius 1 is 1.14 bits per heavy atom. The number of aromatic hydroxyl groups is 1. The van der Waals surface area contributed by atoms with E-state index in [2.05, 4.69) is 15.9 Å². The number of nitriles is 1. The molecule has 0 radical (unpaired) electrons. The summed E-state index contributed by atoms with van der Waals surface area (Å²) in [7, 11) is 3.47. The van der Waals surface area contributed by atoms with Crippen LogP contribution in [0.5, 0.6) is 28.7 Å². The zero-order valence-electron chi connectivity index (χ0n) is 28.2. The molecule has 6 aliphatic rings. The van der Waals surface area contributed by atoms with Crippen molar-refractivity contribution in [1.82, 2.24) is 9.80 Å². The Balaban J connectivity index is 1.51. The lowest BCUT2D eigenvalue weighted by Gasteiger charge is -2.61. The van der Waals surface area contributed by atoms with Gasteiger partial charge in [0.05, 0.1) is 30.5 Å². The lowest BCUT2D eigenvalue weighted by Crippen LogP contribution is -2.69. The van der Waals surface area contributed by atoms with Crippen LogP contribution >= 0.6 is 11.8 Å². The monoisotopic (exact) mass is 693 g/mol. The predicted octanol–water partition coefficient (Wildman–Crippen LogP) is 3.94. The van der Waals surface area contributed by atoms with Gasteiger partial charge in [-0.25, -0.2) is 4.79 Å². The minimum absolute atomic E-state index is 0.0214. The molecule has 1 N–H and O–H groups in total. The van der Waals surface area contributed by atoms with Crippen molar-refractivity contribution in [2.24, 2.45) is 0 Å². The zero-order valence-corrected chi connectivity index (χ0v) is 29.0. The van der Waals surface area contributed by atoms with Crippen LogP contribution in [0.3, 0.4) is 0 Å². The smallest absolute Gasteiger partial charge is 0.348 e. The van der Waals surface area contributed by atoms with Crippen LogP contribution in [0.15, 0.2) is 6.07 Å². The van der Waals surface area contributed by atoms with Crippen molar-refractivity contribution in [2.75, 3.05) is 33.3 Å². The second-order valence-electron chi connectivity index (χ2n) is 13.1. The van der Waals surface area contributed by atoms with Gasteiger partial charge in [0.1, 0.15) is 18.4 Å². The molecule has 6 heterocycles. The van der Waals surface area contributed by atoms with Gasteiger partial charge in [0.2, 0.25) is 12.9 Å². The Morgan fingerprint density at radius 3 is 2.59 bits per heavy atom. The van der Waals surface area contributed by atoms with Gasteiger partial charge < -0.3 is 33.5 Å². The summed E-state index contributed by atoms with van der Waals surface area (Å²) in [5, 5.41) is 22.2. The number of hydrogen-bond donors (Lipinski definition) is 1. The highest BCUT2D eigenvalue weighted by molar-refractivity contribution is 7.99. The number of piperazine rings is 1. The third kappa shape index (κ3) is 5.08. The number of nitrogens with zero attached hydrogens (tertiary/aromatic N) is 3. The molecule has 0 spiro atoms. The van der Waals surface area contributed by atoms with Gasteiger partial charge >= 0.3 is 17.9 Å². The number of carbonyl (C=O) groups excluding carboxylic acids is 3. The molecular formula is C35H39N3O10S. The molecule has 2 aromatic rings. The molecule has 0 amide bonds. The molecule has 14 heteroatoms. The van der Waals surface area contributed by atoms with E-state index in [0.29, 0.717) is 58.1 Å². The zero-order chi connectivity index (χ0) is 34.9. The van der Waals surface area contributed by atoms with E-state index in [0.717, 1.165) is 11.1 Å². The number of hydrogen-bond acceptors (Lipinski definition) is 14. The van der Waals surface area contributed by atoms with Crippen molar-refractivity contribution in [3.63, 3.8) is 0 Å². The Labute approximate surface area is 288 Å². The Kier molecular flexibility index (Phi) is 8.57. The summed E-state index contributed by atoms with van der Waals surface area (Å²) in [6.45, 7) is 6.58. The first kappa shape index (κ1) is 33.3. The van der Waals surface area contributed by atoms with Gasteiger partial charge in [-0.2, -0.15) is 5.26 Å². The van der Waals surface area contributed by atoms with Crippen LogP contribution in [-0.4, -0.2) is 90.4 Å². The normalized spacial score (nSPS) is 28.3. The fourth-order valence-corrected chi connectivity index (χ4v) is 9.93. The maximum atomic E-state index is 13.6. The maximum absolute atomic E-state index is 13.6. The number of methoxy groups -OCH3 is 1. The summed E-state index contributed by atoms with van der Waals surface area (Å²) in [6, 6.07) is 1.85. The first-order valence-corrected chi connectivity index (χ1v) is 17.5. The van der Waals surface area contributed by atoms with Crippen molar-refractivity contribution in [1.29, 1.82) is 5.26 Å². The first-order chi connectivity index (χ1) is 23.5. The van der Waals surface area contributed by atoms with Crippen LogP contribution in [0.4, 0.5) is 0 Å². The Hall–Kier alpha value is -4.19. The second kappa shape index (κ2) is 12.6. The van der Waals surface area contributed by atoms with Crippen LogP contribution < -0.4 is 18.9 Å². The van der Waals surface area contributed by atoms with Crippen LogP contribution in [0, 0.1) is 25.2 Å². The number of thioether (sulfide) groups is 1. The summed E-state index contributed by atoms with van der Waals surface area (Å²) in [6.07, 6.45) is -0.00580. The number of phenolic OH excluding ortho intramolecular Hbond substituents is 1. The number of likely N-dealkylation sites (N-methyl/N-ethyl adjacent to an activating group) is 1. The molecule has 2 saturated heterocycles. The molecule has 4 bridgehead atoms. The molecule has 7 atom stereocenters. The molecule has 13 nitrogen and oxygen atoms in total. The highest BCUT2D eigenvalue weighted by Gasteiger charge is 2.60. The highest BCUT2D eigenvalue weighted by atomic mass is 32.2. The SMILES string of the molecule is CCCC(=O)OC1CS[C@@H]2c3c(OC(C)=O)c(C)c4c(c3[C@H](COC1=O)N1C2[C@H]2c3c(cc(C)c(OC)c3O)C[C@@H]([C@@H]1C#N)N2C)OCO4. The van der Waals surface area contributed by atoms with Gasteiger partial charge in [-0.15, -0.1) is 11.8 Å². The van der Waals surface area contributed by atoms with E-state index in [1.807, 2.05) is 27.0 Å². The fourth-order valence-electron chi connectivity index (χ4n) is 8.45. The fraction of sp³-hybridized carbons (Fsp3) is 0.543. The average Bonchev–Trinajstić information content (AvgIpc) is 3.54. The van der Waals surface area contributed by atoms with E-state index in [1.165, 1.54) is 25.8 Å². The Morgan fingerprint density at radius 2 is 1.90 bits per heavy atom. The van der Waals surface area contributed by atoms with Crippen LogP contribution in [0.2, 0.25) is 0 Å². The number of esters is 3. The summed E-state index contributed by atoms with van der Waals surface area (Å²) in [5.41, 5.74) is 4.23. The van der Waals surface area contributed by atoms with Crippen molar-refractivity contribution < 1.29 is 47.9 Å². The number of rotatable bonds is 5. The predicted molar refractivity (Wildman–Crippen MR) is 175 cm³/mol. The quantitative estimate of drug-likeness (QED) is 0.355. The molecule has 0 aliphatic carbocycles. The summed E-state index contributed by atoms with van der Waals surface area (Å²) in [5.74, 6) is -0.135. The molecule has 8 rings (SSSR count). The van der Waals surface area contributed by atoms with Crippen molar-refractivity contribution >= 4 is 29.7 Å². The van der Waals surface area contributed by atoms with E-state index in [4.69, 9.17) is 28.4 Å². The largest absolute Gasteiger partial charge is 0.504 e. The summed E-state index contributed by atoms with van der Waals surface area (Å²) in [4.78, 5) is 43.1. The topological polar surface area (TPSA) is 157 Å². The van der Waals surface area contributed by atoms with Crippen LogP contribution in [0.25, 0.3) is 0 Å². The number of benzene rings is 2. The van der Waals surface area contributed by atoms with E-state index >= 15 is 0 Å². The van der Waals surface area contributed by atoms with Crippen LogP contribution in [-0.2, 0) is 30.3 Å². The van der Waals surface area contributed by atoms with E-state index in [-0.39, 0.29) is 37.4 Å². The first-order valence-electron chi connectivity index (χ1n) is 16.4. The second-order valence-corrected chi connectivity index (χ2v) is 14.3. The summed E-state index contributed by atoms with van der Waals surface area (Å²) >= 11 is 1.35. The Bertz CT molecular complexity index is 1790. The lowest BCUT2D eigenvalue weighted by atomic mass is 9.71. The third-order valence-electron chi connectivity index (χ3n) is 10.3. The minimum Gasteiger partial charge on any atom is -0.504 e. The third-order valence-corrected chi connectivity index (χ3v) is 11.7. The van der Waals surface area contributed by atoms with E-state index in [1.54, 1.807) is 6.92 Å². The van der Waals surface area contributed by atoms with Gasteiger partial charge in [-0.05, 0) is 44.9 Å². The highest BCUT2D eigenvalue weighted by Crippen LogP contribution is 2.64. The molecular weight excluding hydrogens is 654 g/mol. The van der Waals surface area contributed by atoms with Gasteiger partial charge in [-0.1, -0.05) is 13.0 Å². The standard InChI is InChI=1S/C35H39N3O10S/c1-7-8-23(40)48-22-13-49-34-26-25(33-32(45-14-46-33)16(3)31(26)47-17(4)39)21(12-44-35(22)42)38-20(11-36)19-10-18-9-15(2)30(43-6)29(41)24(18)27(28(34)38)37(19)5/h9,19-22,27-28,34,41H,7-8,10,12-14H2,1-6H3/t19-,20-,21-,22?,27+,28?,34+/m0/s1. The molecule has 2 fully saturated rings. The van der Waals surface area contributed by atoms with E-state index < -0.39 is 53.4 Å². The van der Waals surface area contributed by atoms with E-state index in [9.17, 15) is 24.8 Å². The molecule has 0 aromatic heterocycles. The number of phenols is 1. The molecule has 2 aromatic carbocycles. The average molecular weight is 694 g/mol. The molecule has 6 aliphatic heterocycles.